The Labute approximate surface area is 129 Å². The summed E-state index contributed by atoms with van der Waals surface area (Å²) in [4.78, 5) is 14.2. The molecule has 0 fully saturated rings. The zero-order valence-electron chi connectivity index (χ0n) is 12.8. The molecular weight excluding hydrogens is 279 g/mol. The molecule has 0 radical (unpaired) electrons. The van der Waals surface area contributed by atoms with Crippen LogP contribution in [-0.2, 0) is 17.9 Å². The molecule has 0 aliphatic carbocycles. The molecule has 0 bridgehead atoms. The van der Waals surface area contributed by atoms with Crippen molar-refractivity contribution in [1.82, 2.24) is 4.90 Å². The second-order valence-corrected chi connectivity index (χ2v) is 5.91. The van der Waals surface area contributed by atoms with Crippen LogP contribution in [0.3, 0.4) is 0 Å². The van der Waals surface area contributed by atoms with Crippen LogP contribution in [0.1, 0.15) is 22.3 Å². The lowest BCUT2D eigenvalue weighted by Gasteiger charge is -2.14. The normalized spacial score (nSPS) is 14.0. The molecule has 3 rings (SSSR count). The van der Waals surface area contributed by atoms with Gasteiger partial charge in [-0.1, -0.05) is 12.1 Å². The molecule has 1 amide bonds. The number of rotatable bonds is 3. The Bertz CT molecular complexity index is 679. The van der Waals surface area contributed by atoms with Crippen molar-refractivity contribution in [1.29, 1.82) is 0 Å². The van der Waals surface area contributed by atoms with Gasteiger partial charge in [-0.15, -0.1) is 0 Å². The van der Waals surface area contributed by atoms with E-state index in [9.17, 15) is 9.18 Å². The summed E-state index contributed by atoms with van der Waals surface area (Å²) >= 11 is 0. The van der Waals surface area contributed by atoms with Crippen LogP contribution < -0.4 is 5.32 Å². The van der Waals surface area contributed by atoms with Crippen molar-refractivity contribution >= 4 is 11.6 Å². The van der Waals surface area contributed by atoms with E-state index >= 15 is 0 Å². The maximum absolute atomic E-state index is 12.8. The summed E-state index contributed by atoms with van der Waals surface area (Å²) in [6.45, 7) is 6.16. The Balaban J connectivity index is 1.60. The zero-order valence-corrected chi connectivity index (χ0v) is 12.8. The van der Waals surface area contributed by atoms with Crippen LogP contribution in [0.5, 0.6) is 0 Å². The number of hydrogen-bond acceptors (Lipinski definition) is 2. The smallest absolute Gasteiger partial charge is 0.238 e. The first-order chi connectivity index (χ1) is 10.5. The minimum absolute atomic E-state index is 0.0761. The number of carbonyl (C=O) groups excluding carboxylic acids is 1. The molecule has 0 saturated carbocycles. The summed E-state index contributed by atoms with van der Waals surface area (Å²) in [5, 5.41) is 2.80. The highest BCUT2D eigenvalue weighted by Crippen LogP contribution is 2.25. The number of halogens is 1. The second-order valence-electron chi connectivity index (χ2n) is 5.91. The fourth-order valence-corrected chi connectivity index (χ4v) is 2.82. The monoisotopic (exact) mass is 298 g/mol. The van der Waals surface area contributed by atoms with E-state index in [4.69, 9.17) is 0 Å². The lowest BCUT2D eigenvalue weighted by Crippen LogP contribution is -2.29. The Morgan fingerprint density at radius 1 is 1.09 bits per heavy atom. The van der Waals surface area contributed by atoms with Gasteiger partial charge >= 0.3 is 0 Å². The average molecular weight is 298 g/mol. The molecule has 2 aromatic rings. The first-order valence-corrected chi connectivity index (χ1v) is 7.38. The lowest BCUT2D eigenvalue weighted by molar-refractivity contribution is -0.117. The Kier molecular flexibility index (Phi) is 3.94. The van der Waals surface area contributed by atoms with Crippen LogP contribution in [0.25, 0.3) is 0 Å². The van der Waals surface area contributed by atoms with Gasteiger partial charge in [0.2, 0.25) is 5.91 Å². The first-order valence-electron chi connectivity index (χ1n) is 7.38. The van der Waals surface area contributed by atoms with Crippen molar-refractivity contribution in [2.45, 2.75) is 26.9 Å². The number of nitrogens with one attached hydrogen (secondary N) is 1. The van der Waals surface area contributed by atoms with Gasteiger partial charge in [0.15, 0.2) is 0 Å². The van der Waals surface area contributed by atoms with E-state index in [2.05, 4.69) is 36.2 Å². The molecule has 0 spiro atoms. The minimum atomic E-state index is -0.307. The molecule has 22 heavy (non-hydrogen) atoms. The predicted molar refractivity (Wildman–Crippen MR) is 85.1 cm³/mol. The second kappa shape index (κ2) is 5.89. The van der Waals surface area contributed by atoms with Gasteiger partial charge in [-0.3, -0.25) is 9.69 Å². The number of nitrogens with zero attached hydrogens (tertiary/aromatic N) is 1. The number of amides is 1. The summed E-state index contributed by atoms with van der Waals surface area (Å²) in [6, 6.07) is 10.2. The quantitative estimate of drug-likeness (QED) is 0.942. The molecule has 114 valence electrons. The Morgan fingerprint density at radius 2 is 1.64 bits per heavy atom. The SMILES string of the molecule is Cc1cc2c(cc1C)CN(CC(=O)Nc1ccc(F)cc1)C2. The van der Waals surface area contributed by atoms with E-state index in [-0.39, 0.29) is 11.7 Å². The molecular formula is C18H19FN2O. The number of carbonyl (C=O) groups is 1. The third kappa shape index (κ3) is 3.17. The van der Waals surface area contributed by atoms with Crippen LogP contribution in [0.4, 0.5) is 10.1 Å². The van der Waals surface area contributed by atoms with Crippen LogP contribution in [0.15, 0.2) is 36.4 Å². The third-order valence-corrected chi connectivity index (χ3v) is 4.10. The molecule has 3 nitrogen and oxygen atoms in total. The predicted octanol–water partition coefficient (Wildman–Crippen LogP) is 3.40. The highest BCUT2D eigenvalue weighted by molar-refractivity contribution is 5.92. The summed E-state index contributed by atoms with van der Waals surface area (Å²) in [6.07, 6.45) is 0. The van der Waals surface area contributed by atoms with Gasteiger partial charge in [0, 0.05) is 18.8 Å². The van der Waals surface area contributed by atoms with E-state index in [0.717, 1.165) is 13.1 Å². The van der Waals surface area contributed by atoms with E-state index in [1.165, 1.54) is 34.4 Å². The third-order valence-electron chi connectivity index (χ3n) is 4.10. The number of aryl methyl sites for hydroxylation is 2. The molecule has 1 aliphatic heterocycles. The van der Waals surface area contributed by atoms with Gasteiger partial charge < -0.3 is 5.32 Å². The summed E-state index contributed by atoms with van der Waals surface area (Å²) in [7, 11) is 0. The van der Waals surface area contributed by atoms with E-state index in [1.54, 1.807) is 12.1 Å². The lowest BCUT2D eigenvalue weighted by atomic mass is 10.0. The molecule has 1 aliphatic rings. The van der Waals surface area contributed by atoms with Crippen molar-refractivity contribution in [2.75, 3.05) is 11.9 Å². The van der Waals surface area contributed by atoms with E-state index in [1.807, 2.05) is 0 Å². The van der Waals surface area contributed by atoms with Crippen molar-refractivity contribution < 1.29 is 9.18 Å². The fourth-order valence-electron chi connectivity index (χ4n) is 2.82. The van der Waals surface area contributed by atoms with Gasteiger partial charge in [-0.05, 0) is 60.4 Å². The van der Waals surface area contributed by atoms with Gasteiger partial charge in [0.25, 0.3) is 0 Å². The van der Waals surface area contributed by atoms with Gasteiger partial charge in [0.1, 0.15) is 5.82 Å². The van der Waals surface area contributed by atoms with Crippen LogP contribution in [0, 0.1) is 19.7 Å². The van der Waals surface area contributed by atoms with Crippen molar-refractivity contribution in [2.24, 2.45) is 0 Å². The highest BCUT2D eigenvalue weighted by atomic mass is 19.1. The molecule has 1 heterocycles. The number of anilines is 1. The van der Waals surface area contributed by atoms with Gasteiger partial charge in [-0.2, -0.15) is 0 Å². The van der Waals surface area contributed by atoms with Gasteiger partial charge in [0.05, 0.1) is 6.54 Å². The summed E-state index contributed by atoms with van der Waals surface area (Å²) in [5.74, 6) is -0.383. The first kappa shape index (κ1) is 14.7. The molecule has 0 atom stereocenters. The number of fused-ring (bicyclic) bond motifs is 1. The Hall–Kier alpha value is -2.20. The van der Waals surface area contributed by atoms with Crippen molar-refractivity contribution in [3.63, 3.8) is 0 Å². The molecule has 1 N–H and O–H groups in total. The van der Waals surface area contributed by atoms with Gasteiger partial charge in [-0.25, -0.2) is 4.39 Å². The maximum Gasteiger partial charge on any atom is 0.238 e. The summed E-state index contributed by atoms with van der Waals surface area (Å²) in [5.41, 5.74) is 5.80. The summed E-state index contributed by atoms with van der Waals surface area (Å²) < 4.78 is 12.8. The van der Waals surface area contributed by atoms with Crippen LogP contribution in [0.2, 0.25) is 0 Å². The minimum Gasteiger partial charge on any atom is -0.325 e. The zero-order chi connectivity index (χ0) is 15.7. The molecule has 4 heteroatoms. The van der Waals surface area contributed by atoms with Crippen LogP contribution in [-0.4, -0.2) is 17.4 Å². The largest absolute Gasteiger partial charge is 0.325 e. The molecule has 0 saturated heterocycles. The standard InChI is InChI=1S/C18H19FN2O/c1-12-7-14-9-21(10-15(14)8-13(12)2)11-18(22)20-17-5-3-16(19)4-6-17/h3-8H,9-11H2,1-2H3,(H,20,22). The highest BCUT2D eigenvalue weighted by Gasteiger charge is 2.21. The number of hydrogen-bond donors (Lipinski definition) is 1. The molecule has 2 aromatic carbocycles. The number of benzene rings is 2. The average Bonchev–Trinajstić information content (AvgIpc) is 2.83. The van der Waals surface area contributed by atoms with Crippen LogP contribution >= 0.6 is 0 Å². The molecule has 0 unspecified atom stereocenters. The van der Waals surface area contributed by atoms with E-state index < -0.39 is 0 Å². The maximum atomic E-state index is 12.8. The van der Waals surface area contributed by atoms with Crippen molar-refractivity contribution in [3.05, 3.63) is 64.5 Å². The topological polar surface area (TPSA) is 32.3 Å². The van der Waals surface area contributed by atoms with E-state index in [0.29, 0.717) is 12.2 Å². The fraction of sp³-hybridized carbons (Fsp3) is 0.278. The van der Waals surface area contributed by atoms with Crippen molar-refractivity contribution in [3.8, 4) is 0 Å². The Morgan fingerprint density at radius 3 is 2.18 bits per heavy atom. The molecule has 0 aromatic heterocycles.